The number of halogens is 2. The van der Waals surface area contributed by atoms with Crippen LogP contribution in [0.2, 0.25) is 0 Å². The molecule has 1 aliphatic rings. The largest absolute Gasteiger partial charge is 0.351 e. The second-order valence-electron chi connectivity index (χ2n) is 6.04. The lowest BCUT2D eigenvalue weighted by molar-refractivity contribution is -0.121. The minimum absolute atomic E-state index is 0.0751. The van der Waals surface area contributed by atoms with E-state index >= 15 is 0 Å². The summed E-state index contributed by atoms with van der Waals surface area (Å²) in [5.41, 5.74) is 0.789. The highest BCUT2D eigenvalue weighted by Gasteiger charge is 2.26. The van der Waals surface area contributed by atoms with Gasteiger partial charge in [0.2, 0.25) is 5.91 Å². The van der Waals surface area contributed by atoms with Crippen LogP contribution in [0.25, 0.3) is 0 Å². The van der Waals surface area contributed by atoms with Crippen LogP contribution in [0.5, 0.6) is 0 Å². The summed E-state index contributed by atoms with van der Waals surface area (Å²) in [4.78, 5) is 13.1. The molecule has 0 spiro atoms. The molecule has 6 heteroatoms. The topological polar surface area (TPSA) is 41.1 Å². The highest BCUT2D eigenvalue weighted by molar-refractivity contribution is 8.00. The van der Waals surface area contributed by atoms with Gasteiger partial charge in [-0.1, -0.05) is 30.3 Å². The van der Waals surface area contributed by atoms with E-state index in [9.17, 15) is 13.6 Å². The molecule has 2 unspecified atom stereocenters. The average Bonchev–Trinajstić information content (AvgIpc) is 2.62. The Hall–Kier alpha value is -1.92. The van der Waals surface area contributed by atoms with Crippen LogP contribution in [-0.4, -0.2) is 25.0 Å². The fourth-order valence-corrected chi connectivity index (χ4v) is 3.89. The first kappa shape index (κ1) is 17.9. The number of carbonyl (C=O) groups is 1. The summed E-state index contributed by atoms with van der Waals surface area (Å²) in [7, 11) is 0. The fraction of sp³-hybridized carbons (Fsp3) is 0.316. The zero-order valence-electron chi connectivity index (χ0n) is 13.7. The van der Waals surface area contributed by atoms with Crippen molar-refractivity contribution in [2.75, 3.05) is 13.1 Å². The fourth-order valence-electron chi connectivity index (χ4n) is 2.85. The van der Waals surface area contributed by atoms with E-state index in [1.807, 2.05) is 30.3 Å². The molecular weight excluding hydrogens is 342 g/mol. The summed E-state index contributed by atoms with van der Waals surface area (Å²) < 4.78 is 27.2. The maximum atomic E-state index is 14.0. The maximum absolute atomic E-state index is 14.0. The maximum Gasteiger partial charge on any atom is 0.238 e. The monoisotopic (exact) mass is 362 g/mol. The highest BCUT2D eigenvalue weighted by Crippen LogP contribution is 2.37. The minimum Gasteiger partial charge on any atom is -0.351 e. The van der Waals surface area contributed by atoms with Crippen LogP contribution < -0.4 is 10.6 Å². The molecule has 1 aliphatic heterocycles. The third kappa shape index (κ3) is 4.80. The zero-order chi connectivity index (χ0) is 17.6. The molecule has 2 N–H and O–H groups in total. The van der Waals surface area contributed by atoms with Crippen LogP contribution in [0.3, 0.4) is 0 Å². The molecule has 3 nitrogen and oxygen atoms in total. The van der Waals surface area contributed by atoms with Gasteiger partial charge in [0.05, 0.1) is 0 Å². The van der Waals surface area contributed by atoms with Crippen molar-refractivity contribution in [2.24, 2.45) is 0 Å². The van der Waals surface area contributed by atoms with E-state index in [1.54, 1.807) is 0 Å². The number of piperidine rings is 1. The van der Waals surface area contributed by atoms with E-state index in [-0.39, 0.29) is 16.8 Å². The Labute approximate surface area is 150 Å². The van der Waals surface area contributed by atoms with Gasteiger partial charge in [-0.3, -0.25) is 4.79 Å². The van der Waals surface area contributed by atoms with Gasteiger partial charge in [-0.05, 0) is 37.1 Å². The van der Waals surface area contributed by atoms with Gasteiger partial charge in [-0.2, -0.15) is 0 Å². The predicted octanol–water partition coefficient (Wildman–Crippen LogP) is 3.67. The van der Waals surface area contributed by atoms with Gasteiger partial charge in [0.15, 0.2) is 0 Å². The van der Waals surface area contributed by atoms with Gasteiger partial charge in [-0.15, -0.1) is 11.8 Å². The first-order valence-electron chi connectivity index (χ1n) is 8.31. The lowest BCUT2D eigenvalue weighted by Gasteiger charge is -2.26. The molecule has 2 aromatic carbocycles. The van der Waals surface area contributed by atoms with Crippen molar-refractivity contribution < 1.29 is 13.6 Å². The number of benzene rings is 2. The smallest absolute Gasteiger partial charge is 0.238 e. The van der Waals surface area contributed by atoms with Gasteiger partial charge in [0.1, 0.15) is 16.9 Å². The standard InChI is InChI=1S/C19H20F2N2OS/c20-14-8-9-17(16(21)11-14)25-18(13-5-2-1-3-6-13)19(24)23-15-7-4-10-22-12-15/h1-3,5-6,8-9,11,15,18,22H,4,7,10,12H2,(H,23,24). The summed E-state index contributed by atoms with van der Waals surface area (Å²) in [6.45, 7) is 1.70. The number of hydrogen-bond donors (Lipinski definition) is 2. The number of amides is 1. The van der Waals surface area contributed by atoms with Crippen molar-refractivity contribution in [1.82, 2.24) is 10.6 Å². The van der Waals surface area contributed by atoms with Crippen LogP contribution in [0.1, 0.15) is 23.7 Å². The molecule has 25 heavy (non-hydrogen) atoms. The molecular formula is C19H20F2N2OS. The van der Waals surface area contributed by atoms with Gasteiger partial charge in [-0.25, -0.2) is 8.78 Å². The molecule has 2 atom stereocenters. The quantitative estimate of drug-likeness (QED) is 0.798. The van der Waals surface area contributed by atoms with E-state index in [0.717, 1.165) is 49.3 Å². The number of thioether (sulfide) groups is 1. The number of hydrogen-bond acceptors (Lipinski definition) is 3. The lowest BCUT2D eigenvalue weighted by Crippen LogP contribution is -2.46. The van der Waals surface area contributed by atoms with Crippen LogP contribution in [0.15, 0.2) is 53.4 Å². The molecule has 2 aromatic rings. The molecule has 0 saturated carbocycles. The molecule has 0 bridgehead atoms. The molecule has 0 radical (unpaired) electrons. The first-order chi connectivity index (χ1) is 12.1. The van der Waals surface area contributed by atoms with Crippen molar-refractivity contribution in [3.8, 4) is 0 Å². The SMILES string of the molecule is O=C(NC1CCCNC1)C(Sc1ccc(F)cc1F)c1ccccc1. The Kier molecular flexibility index (Phi) is 6.04. The van der Waals surface area contributed by atoms with E-state index in [2.05, 4.69) is 10.6 Å². The van der Waals surface area contributed by atoms with Gasteiger partial charge >= 0.3 is 0 Å². The number of carbonyl (C=O) groups excluding carboxylic acids is 1. The second-order valence-corrected chi connectivity index (χ2v) is 7.18. The third-order valence-corrected chi connectivity index (χ3v) is 5.43. The van der Waals surface area contributed by atoms with E-state index in [1.165, 1.54) is 12.1 Å². The van der Waals surface area contributed by atoms with Crippen LogP contribution in [0, 0.1) is 11.6 Å². The Balaban J connectivity index is 1.80. The Morgan fingerprint density at radius 1 is 1.20 bits per heavy atom. The third-order valence-electron chi connectivity index (χ3n) is 4.12. The van der Waals surface area contributed by atoms with Crippen molar-refractivity contribution in [3.05, 3.63) is 65.7 Å². The Morgan fingerprint density at radius 3 is 2.68 bits per heavy atom. The van der Waals surface area contributed by atoms with Gasteiger partial charge in [0, 0.05) is 23.5 Å². The number of nitrogens with one attached hydrogen (secondary N) is 2. The van der Waals surface area contributed by atoms with Crippen molar-refractivity contribution in [1.29, 1.82) is 0 Å². The lowest BCUT2D eigenvalue weighted by atomic mass is 10.1. The van der Waals surface area contributed by atoms with Crippen molar-refractivity contribution in [2.45, 2.75) is 29.0 Å². The van der Waals surface area contributed by atoms with Crippen LogP contribution in [0.4, 0.5) is 8.78 Å². The van der Waals surface area contributed by atoms with Gasteiger partial charge < -0.3 is 10.6 Å². The summed E-state index contributed by atoms with van der Waals surface area (Å²) in [5.74, 6) is -1.44. The molecule has 1 heterocycles. The van der Waals surface area contributed by atoms with Crippen LogP contribution in [-0.2, 0) is 4.79 Å². The molecule has 1 saturated heterocycles. The normalized spacial score (nSPS) is 18.6. The molecule has 1 fully saturated rings. The van der Waals surface area contributed by atoms with E-state index in [4.69, 9.17) is 0 Å². The summed E-state index contributed by atoms with van der Waals surface area (Å²) in [6.07, 6.45) is 1.94. The van der Waals surface area contributed by atoms with Gasteiger partial charge in [0.25, 0.3) is 0 Å². The summed E-state index contributed by atoms with van der Waals surface area (Å²) >= 11 is 1.10. The number of rotatable bonds is 5. The summed E-state index contributed by atoms with van der Waals surface area (Å²) in [6, 6.07) is 12.7. The zero-order valence-corrected chi connectivity index (χ0v) is 14.5. The average molecular weight is 362 g/mol. The van der Waals surface area contributed by atoms with Crippen molar-refractivity contribution in [3.63, 3.8) is 0 Å². The highest BCUT2D eigenvalue weighted by atomic mass is 32.2. The van der Waals surface area contributed by atoms with Crippen molar-refractivity contribution >= 4 is 17.7 Å². The second kappa shape index (κ2) is 8.45. The molecule has 1 amide bonds. The Bertz CT molecular complexity index is 721. The van der Waals surface area contributed by atoms with Crippen LogP contribution >= 0.6 is 11.8 Å². The first-order valence-corrected chi connectivity index (χ1v) is 9.19. The Morgan fingerprint density at radius 2 is 2.00 bits per heavy atom. The predicted molar refractivity (Wildman–Crippen MR) is 95.4 cm³/mol. The molecule has 3 rings (SSSR count). The summed E-state index contributed by atoms with van der Waals surface area (Å²) in [5, 5.41) is 5.72. The van der Waals surface area contributed by atoms with E-state index < -0.39 is 16.9 Å². The molecule has 0 aromatic heterocycles. The van der Waals surface area contributed by atoms with E-state index in [0.29, 0.717) is 0 Å². The minimum atomic E-state index is -0.655. The molecule has 132 valence electrons. The molecule has 0 aliphatic carbocycles.